The lowest BCUT2D eigenvalue weighted by atomic mass is 9.95. The number of nitrogens with one attached hydrogen (secondary N) is 1. The number of methoxy groups -OCH3 is 1. The number of aromatic carboxylic acids is 1. The van der Waals surface area contributed by atoms with Crippen molar-refractivity contribution in [1.82, 2.24) is 35.0 Å². The average Bonchev–Trinajstić information content (AvgIpc) is 1.13. The molecule has 3 aliphatic rings. The Morgan fingerprint density at radius 2 is 0.946 bits per heavy atom. The fourth-order valence-electron chi connectivity index (χ4n) is 11.3. The second kappa shape index (κ2) is 27.1. The van der Waals surface area contributed by atoms with Crippen molar-refractivity contribution in [3.63, 3.8) is 0 Å². The number of esters is 1. The summed E-state index contributed by atoms with van der Waals surface area (Å²) in [5, 5.41) is 33.2. The maximum absolute atomic E-state index is 13.2. The molecule has 4 amide bonds. The van der Waals surface area contributed by atoms with Gasteiger partial charge in [0.25, 0.3) is 23.6 Å². The lowest BCUT2D eigenvalue weighted by Crippen LogP contribution is -2.43. The molecule has 1 atom stereocenters. The predicted octanol–water partition coefficient (Wildman–Crippen LogP) is 13.9. The number of rotatable bonds is 11. The van der Waals surface area contributed by atoms with E-state index in [1.165, 1.54) is 7.11 Å². The number of aromatic nitrogens is 3. The molecule has 4 aromatic heterocycles. The van der Waals surface area contributed by atoms with Gasteiger partial charge in [0, 0.05) is 90.8 Å². The molecule has 0 radical (unpaired) electrons. The Bertz CT molecular complexity index is 4630. The largest absolute Gasteiger partial charge is 0.480 e. The number of carbonyl (C=O) groups is 7. The third-order valence-corrected chi connectivity index (χ3v) is 18.3. The van der Waals surface area contributed by atoms with Gasteiger partial charge in [-0.3, -0.25) is 19.2 Å². The van der Waals surface area contributed by atoms with Gasteiger partial charge in [-0.1, -0.05) is 93.0 Å². The molecular weight excluding hydrogens is 1310 g/mol. The second-order valence-corrected chi connectivity index (χ2v) is 24.5. The number of benzene rings is 6. The van der Waals surface area contributed by atoms with Crippen LogP contribution in [0.4, 0.5) is 0 Å². The van der Waals surface area contributed by atoms with Gasteiger partial charge in [0.1, 0.15) is 22.8 Å². The first kappa shape index (κ1) is 64.6. The summed E-state index contributed by atoms with van der Waals surface area (Å²) in [5.74, 6) is -4.04. The highest BCUT2D eigenvalue weighted by molar-refractivity contribution is 6.41. The first-order chi connectivity index (χ1) is 44.1. The van der Waals surface area contributed by atoms with Crippen molar-refractivity contribution in [3.05, 3.63) is 219 Å². The van der Waals surface area contributed by atoms with Crippen LogP contribution in [-0.2, 0) is 54.8 Å². The van der Waals surface area contributed by atoms with E-state index in [0.717, 1.165) is 44.0 Å². The van der Waals surface area contributed by atoms with Crippen LogP contribution in [0.3, 0.4) is 0 Å². The summed E-state index contributed by atoms with van der Waals surface area (Å²) >= 11 is 38.1. The van der Waals surface area contributed by atoms with Gasteiger partial charge >= 0.3 is 17.9 Å². The van der Waals surface area contributed by atoms with Gasteiger partial charge in [0.2, 0.25) is 0 Å². The van der Waals surface area contributed by atoms with E-state index in [2.05, 4.69) is 15.6 Å². The van der Waals surface area contributed by atoms with E-state index in [1.807, 2.05) is 50.2 Å². The summed E-state index contributed by atoms with van der Waals surface area (Å²) in [6.07, 6.45) is 7.74. The van der Waals surface area contributed by atoms with Crippen LogP contribution in [0.1, 0.15) is 121 Å². The van der Waals surface area contributed by atoms with Crippen LogP contribution in [0, 0.1) is 0 Å². The first-order valence-electron chi connectivity index (χ1n) is 28.6. The molecule has 0 saturated heterocycles. The minimum absolute atomic E-state index is 0.00258. The third-order valence-electron chi connectivity index (χ3n) is 16.1. The molecule has 472 valence electrons. The maximum Gasteiger partial charge on any atom is 0.340 e. The molecule has 0 spiro atoms. The minimum atomic E-state index is -1.27. The molecular formula is C66H53Cl6N7O13. The number of nitrogens with zero attached hydrogens (tertiary/aromatic N) is 6. The number of hydrogen-bond donors (Lipinski definition) is 3. The van der Waals surface area contributed by atoms with Gasteiger partial charge < -0.3 is 48.2 Å². The lowest BCUT2D eigenvalue weighted by molar-refractivity contribution is -0.139. The summed E-state index contributed by atoms with van der Waals surface area (Å²) in [4.78, 5) is 92.4. The number of aliphatic carboxylic acids is 1. The molecule has 0 aliphatic carbocycles. The number of carboxylic acid groups (broad SMARTS) is 2. The number of hydrogen-bond acceptors (Lipinski definition) is 13. The molecule has 3 N–H and O–H groups in total. The van der Waals surface area contributed by atoms with Crippen molar-refractivity contribution in [2.45, 2.75) is 71.2 Å². The Labute approximate surface area is 554 Å². The molecule has 0 bridgehead atoms. The molecule has 0 fully saturated rings. The number of furan rings is 3. The van der Waals surface area contributed by atoms with E-state index in [0.29, 0.717) is 102 Å². The Kier molecular flexibility index (Phi) is 19.1. The number of carbonyl (C=O) groups excluding carboxylic acids is 5. The van der Waals surface area contributed by atoms with Gasteiger partial charge in [-0.05, 0) is 139 Å². The zero-order valence-electron chi connectivity index (χ0n) is 49.0. The van der Waals surface area contributed by atoms with Crippen molar-refractivity contribution in [1.29, 1.82) is 0 Å². The molecule has 10 aromatic rings. The van der Waals surface area contributed by atoms with Crippen molar-refractivity contribution < 1.29 is 61.8 Å². The van der Waals surface area contributed by atoms with Gasteiger partial charge in [-0.25, -0.2) is 19.1 Å². The number of fused-ring (bicyclic) bond motifs is 6. The zero-order chi connectivity index (χ0) is 65.4. The summed E-state index contributed by atoms with van der Waals surface area (Å²) in [6, 6.07) is 25.2. The normalized spacial score (nSPS) is 13.7. The number of halogens is 6. The van der Waals surface area contributed by atoms with Crippen molar-refractivity contribution in [2.24, 2.45) is 0 Å². The predicted molar refractivity (Wildman–Crippen MR) is 345 cm³/mol. The fraction of sp³-hybridized carbons (Fsp3) is 0.227. The summed E-state index contributed by atoms with van der Waals surface area (Å²) in [6.45, 7) is 6.11. The zero-order valence-corrected chi connectivity index (χ0v) is 53.6. The third kappa shape index (κ3) is 13.3. The topological polar surface area (TPSA) is 261 Å². The Morgan fingerprint density at radius 3 is 1.33 bits per heavy atom. The molecule has 3 aliphatic heterocycles. The smallest absolute Gasteiger partial charge is 0.340 e. The molecule has 7 heterocycles. The van der Waals surface area contributed by atoms with Crippen molar-refractivity contribution >= 4 is 144 Å². The van der Waals surface area contributed by atoms with Crippen LogP contribution < -0.4 is 5.32 Å². The minimum Gasteiger partial charge on any atom is -0.480 e. The lowest BCUT2D eigenvalue weighted by Gasteiger charge is -2.30. The Morgan fingerprint density at radius 1 is 0.554 bits per heavy atom. The van der Waals surface area contributed by atoms with E-state index >= 15 is 0 Å². The molecule has 13 rings (SSSR count). The number of amides is 4. The van der Waals surface area contributed by atoms with E-state index < -0.39 is 29.9 Å². The van der Waals surface area contributed by atoms with Gasteiger partial charge in [-0.2, -0.15) is 0 Å². The highest BCUT2D eigenvalue weighted by atomic mass is 35.5. The van der Waals surface area contributed by atoms with Crippen LogP contribution >= 0.6 is 69.6 Å². The summed E-state index contributed by atoms with van der Waals surface area (Å²) < 4.78 is 22.5. The average molecular weight is 1360 g/mol. The van der Waals surface area contributed by atoms with Crippen LogP contribution in [0.15, 0.2) is 129 Å². The summed E-state index contributed by atoms with van der Waals surface area (Å²) in [7, 11) is 1.28. The Balaban J connectivity index is 0.000000146. The first-order valence-corrected chi connectivity index (χ1v) is 30.9. The van der Waals surface area contributed by atoms with Gasteiger partial charge in [-0.15, -0.1) is 5.10 Å². The second-order valence-electron chi connectivity index (χ2n) is 22.2. The standard InChI is InChI=1S/C27H25Cl2N5O5.C20H15Cl2NO4.C19H13Cl2NO4/c1-14(2)34-13-18(31-32-34)11-21(27(37)38)30-25(35)23-20(28)9-17-12-33(7-5-19(17)24(23)29)26(36)16-4-3-15-6-8-39-22(15)10-16;1-26-20(25)17-15(21)8-13-10-23(6-4-14(13)18(17)22)19(24)12-3-2-11-5-7-27-16(11)9-12;20-14-7-12-9-22(5-3-13(12)17(21)16(14)19(24)25)18(23)11-2-1-10-4-6-26-15(10)8-11/h3-4,6,8-10,13-14,21H,5,7,11-12H2,1-2H3,(H,30,35)(H,37,38);2-3,5,7-9H,4,6,10H2,1H3;1-2,4,6-8H,3,5,9H2,(H,24,25)/t21-;;/m0../s1. The fourth-order valence-corrected chi connectivity index (χ4v) is 13.5. The molecule has 20 nitrogen and oxygen atoms in total. The highest BCUT2D eigenvalue weighted by Crippen LogP contribution is 2.39. The van der Waals surface area contributed by atoms with Crippen LogP contribution in [0.25, 0.3) is 32.9 Å². The summed E-state index contributed by atoms with van der Waals surface area (Å²) in [5.41, 5.74) is 8.64. The van der Waals surface area contributed by atoms with Crippen molar-refractivity contribution in [3.8, 4) is 0 Å². The Hall–Kier alpha value is -8.89. The van der Waals surface area contributed by atoms with Crippen LogP contribution in [-0.4, -0.2) is 114 Å². The molecule has 0 unspecified atom stereocenters. The van der Waals surface area contributed by atoms with E-state index in [1.54, 1.807) is 99.0 Å². The molecule has 92 heavy (non-hydrogen) atoms. The number of carboxylic acids is 2. The molecule has 26 heteroatoms. The quantitative estimate of drug-likeness (QED) is 0.102. The van der Waals surface area contributed by atoms with Crippen LogP contribution in [0.2, 0.25) is 30.1 Å². The van der Waals surface area contributed by atoms with Crippen molar-refractivity contribution in [2.75, 3.05) is 26.7 Å². The molecule has 0 saturated carbocycles. The van der Waals surface area contributed by atoms with E-state index in [-0.39, 0.29) is 78.5 Å². The van der Waals surface area contributed by atoms with Gasteiger partial charge in [0.05, 0.1) is 78.4 Å². The van der Waals surface area contributed by atoms with E-state index in [4.69, 9.17) is 87.6 Å². The molecule has 6 aromatic carbocycles. The number of ether oxygens (including phenoxy) is 1. The highest BCUT2D eigenvalue weighted by Gasteiger charge is 2.33. The van der Waals surface area contributed by atoms with Crippen LogP contribution in [0.5, 0.6) is 0 Å². The monoisotopic (exact) mass is 1360 g/mol. The van der Waals surface area contributed by atoms with Gasteiger partial charge in [0.15, 0.2) is 0 Å². The SMILES string of the molecule is CC(C)n1cc(C[C@H](NC(=O)c2c(Cl)cc3c(c2Cl)CCN(C(=O)c2ccc4ccoc4c2)C3)C(=O)O)nn1.COC(=O)c1c(Cl)cc2c(c1Cl)CCN(C(=O)c1ccc3ccoc3c1)C2.O=C(O)c1c(Cl)cc2c(c1Cl)CCN(C(=O)c1ccc3ccoc3c1)C2. The maximum atomic E-state index is 13.2. The van der Waals surface area contributed by atoms with E-state index in [9.17, 15) is 43.8 Å².